The molecule has 0 amide bonds. The van der Waals surface area contributed by atoms with Crippen molar-refractivity contribution >= 4 is 21.6 Å². The molecule has 104 valence electrons. The molecule has 1 aromatic carbocycles. The first kappa shape index (κ1) is 14.4. The molecule has 19 heavy (non-hydrogen) atoms. The maximum Gasteiger partial charge on any atom is 0.283 e. The maximum atomic E-state index is 10.9. The molecular weight excluding hydrogens is 312 g/mol. The van der Waals surface area contributed by atoms with Crippen molar-refractivity contribution in [2.75, 3.05) is 19.8 Å². The number of benzene rings is 1. The van der Waals surface area contributed by atoms with Crippen molar-refractivity contribution in [1.29, 1.82) is 0 Å². The smallest absolute Gasteiger partial charge is 0.283 e. The molecule has 1 heterocycles. The van der Waals surface area contributed by atoms with Crippen LogP contribution in [-0.2, 0) is 11.3 Å². The summed E-state index contributed by atoms with van der Waals surface area (Å²) in [5.41, 5.74) is 0.996. The van der Waals surface area contributed by atoms with Crippen LogP contribution in [0.5, 0.6) is 0 Å². The molecule has 0 spiro atoms. The maximum absolute atomic E-state index is 10.9. The van der Waals surface area contributed by atoms with Crippen LogP contribution in [0.15, 0.2) is 22.7 Å². The number of rotatable bonds is 3. The quantitative estimate of drug-likeness (QED) is 0.632. The number of hydrogen-bond donors (Lipinski definition) is 0. The number of hydrogen-bond acceptors (Lipinski definition) is 4. The molecule has 0 radical (unpaired) electrons. The zero-order valence-electron chi connectivity index (χ0n) is 11.1. The Bertz CT molecular complexity index is 491. The third-order valence-corrected chi connectivity index (χ3v) is 4.35. The lowest BCUT2D eigenvalue weighted by atomic mass is 10.0. The standard InChI is InChI=1S/C13H17BrN2O3/c1-13(2)9-19-7-6-15(13)8-10-4-3-5-11(12(10)14)16(17)18/h3-5H,6-9H2,1-2H3. The van der Waals surface area contributed by atoms with Crippen molar-refractivity contribution in [2.24, 2.45) is 0 Å². The molecule has 1 saturated heterocycles. The molecule has 1 aromatic rings. The van der Waals surface area contributed by atoms with Gasteiger partial charge in [-0.25, -0.2) is 0 Å². The summed E-state index contributed by atoms with van der Waals surface area (Å²) in [5.74, 6) is 0. The van der Waals surface area contributed by atoms with E-state index in [1.807, 2.05) is 6.07 Å². The van der Waals surface area contributed by atoms with E-state index in [9.17, 15) is 10.1 Å². The van der Waals surface area contributed by atoms with E-state index in [0.717, 1.165) is 12.1 Å². The third-order valence-electron chi connectivity index (χ3n) is 3.43. The number of halogens is 1. The fourth-order valence-corrected chi connectivity index (χ4v) is 2.75. The second-order valence-electron chi connectivity index (χ2n) is 5.29. The van der Waals surface area contributed by atoms with E-state index >= 15 is 0 Å². The number of nitro groups is 1. The Morgan fingerprint density at radius 1 is 1.53 bits per heavy atom. The second-order valence-corrected chi connectivity index (χ2v) is 6.09. The van der Waals surface area contributed by atoms with Gasteiger partial charge in [0.05, 0.1) is 22.6 Å². The first-order chi connectivity index (χ1) is 8.92. The first-order valence-electron chi connectivity index (χ1n) is 6.16. The van der Waals surface area contributed by atoms with Crippen LogP contribution < -0.4 is 0 Å². The van der Waals surface area contributed by atoms with Gasteiger partial charge in [-0.1, -0.05) is 12.1 Å². The number of nitro benzene ring substituents is 1. The molecule has 1 fully saturated rings. The molecule has 0 aliphatic carbocycles. The first-order valence-corrected chi connectivity index (χ1v) is 6.96. The molecule has 0 saturated carbocycles. The fourth-order valence-electron chi connectivity index (χ4n) is 2.22. The number of ether oxygens (including phenoxy) is 1. The highest BCUT2D eigenvalue weighted by Crippen LogP contribution is 2.31. The van der Waals surface area contributed by atoms with E-state index in [1.54, 1.807) is 6.07 Å². The topological polar surface area (TPSA) is 55.6 Å². The Kier molecular flexibility index (Phi) is 4.23. The van der Waals surface area contributed by atoms with Crippen molar-refractivity contribution in [3.63, 3.8) is 0 Å². The summed E-state index contributed by atoms with van der Waals surface area (Å²) in [4.78, 5) is 12.9. The Hall–Kier alpha value is -0.980. The van der Waals surface area contributed by atoms with Crippen LogP contribution in [0.4, 0.5) is 5.69 Å². The van der Waals surface area contributed by atoms with Gasteiger partial charge < -0.3 is 4.74 Å². The lowest BCUT2D eigenvalue weighted by Crippen LogP contribution is -2.52. The number of nitrogens with zero attached hydrogens (tertiary/aromatic N) is 2. The summed E-state index contributed by atoms with van der Waals surface area (Å²) in [7, 11) is 0. The Labute approximate surface area is 120 Å². The van der Waals surface area contributed by atoms with Gasteiger partial charge in [0.25, 0.3) is 5.69 Å². The summed E-state index contributed by atoms with van der Waals surface area (Å²) < 4.78 is 6.05. The minimum Gasteiger partial charge on any atom is -0.378 e. The predicted octanol–water partition coefficient (Wildman–Crippen LogP) is 2.97. The van der Waals surface area contributed by atoms with Crippen molar-refractivity contribution in [1.82, 2.24) is 4.90 Å². The molecule has 0 atom stereocenters. The lowest BCUT2D eigenvalue weighted by molar-refractivity contribution is -0.385. The van der Waals surface area contributed by atoms with Gasteiger partial charge in [0.1, 0.15) is 0 Å². The summed E-state index contributed by atoms with van der Waals surface area (Å²) in [6.07, 6.45) is 0. The van der Waals surface area contributed by atoms with Crippen LogP contribution >= 0.6 is 15.9 Å². The second kappa shape index (κ2) is 5.56. The van der Waals surface area contributed by atoms with E-state index in [2.05, 4.69) is 34.7 Å². The van der Waals surface area contributed by atoms with Crippen molar-refractivity contribution in [2.45, 2.75) is 25.9 Å². The van der Waals surface area contributed by atoms with E-state index in [0.29, 0.717) is 24.2 Å². The molecule has 0 bridgehead atoms. The van der Waals surface area contributed by atoms with Gasteiger partial charge >= 0.3 is 0 Å². The van der Waals surface area contributed by atoms with E-state index < -0.39 is 0 Å². The van der Waals surface area contributed by atoms with Gasteiger partial charge in [-0.3, -0.25) is 15.0 Å². The average molecular weight is 329 g/mol. The Morgan fingerprint density at radius 3 is 2.89 bits per heavy atom. The highest BCUT2D eigenvalue weighted by atomic mass is 79.9. The van der Waals surface area contributed by atoms with Crippen LogP contribution in [-0.4, -0.2) is 35.1 Å². The zero-order chi connectivity index (χ0) is 14.0. The van der Waals surface area contributed by atoms with Gasteiger partial charge in [0, 0.05) is 24.7 Å². The van der Waals surface area contributed by atoms with E-state index in [4.69, 9.17) is 4.74 Å². The Balaban J connectivity index is 2.23. The van der Waals surface area contributed by atoms with Crippen molar-refractivity contribution < 1.29 is 9.66 Å². The molecule has 1 aliphatic rings. The van der Waals surface area contributed by atoms with Gasteiger partial charge in [0.15, 0.2) is 0 Å². The SMILES string of the molecule is CC1(C)COCCN1Cc1cccc([N+](=O)[O-])c1Br. The van der Waals surface area contributed by atoms with Crippen molar-refractivity contribution in [3.05, 3.63) is 38.3 Å². The fraction of sp³-hybridized carbons (Fsp3) is 0.538. The Morgan fingerprint density at radius 2 is 2.26 bits per heavy atom. The minimum atomic E-state index is -0.363. The van der Waals surface area contributed by atoms with Crippen LogP contribution in [0, 0.1) is 10.1 Å². The molecule has 2 rings (SSSR count). The van der Waals surface area contributed by atoms with Gasteiger partial charge in [0.2, 0.25) is 0 Å². The van der Waals surface area contributed by atoms with Gasteiger partial charge in [-0.15, -0.1) is 0 Å². The minimum absolute atomic E-state index is 0.0533. The largest absolute Gasteiger partial charge is 0.378 e. The summed E-state index contributed by atoms with van der Waals surface area (Å²) in [6.45, 7) is 7.14. The lowest BCUT2D eigenvalue weighted by Gasteiger charge is -2.42. The summed E-state index contributed by atoms with van der Waals surface area (Å²) in [6, 6.07) is 5.16. The summed E-state index contributed by atoms with van der Waals surface area (Å²) >= 11 is 3.35. The zero-order valence-corrected chi connectivity index (χ0v) is 12.6. The predicted molar refractivity (Wildman–Crippen MR) is 76.1 cm³/mol. The van der Waals surface area contributed by atoms with Crippen LogP contribution in [0.1, 0.15) is 19.4 Å². The molecule has 6 heteroatoms. The van der Waals surface area contributed by atoms with E-state index in [1.165, 1.54) is 6.07 Å². The average Bonchev–Trinajstić information content (AvgIpc) is 2.33. The normalized spacial score (nSPS) is 19.3. The molecule has 0 N–H and O–H groups in total. The van der Waals surface area contributed by atoms with Crippen LogP contribution in [0.3, 0.4) is 0 Å². The number of morpholine rings is 1. The van der Waals surface area contributed by atoms with Crippen LogP contribution in [0.25, 0.3) is 0 Å². The van der Waals surface area contributed by atoms with Crippen molar-refractivity contribution in [3.8, 4) is 0 Å². The van der Waals surface area contributed by atoms with Gasteiger partial charge in [-0.05, 0) is 35.3 Å². The molecular formula is C13H17BrN2O3. The van der Waals surface area contributed by atoms with Crippen LogP contribution in [0.2, 0.25) is 0 Å². The highest BCUT2D eigenvalue weighted by Gasteiger charge is 2.31. The molecule has 5 nitrogen and oxygen atoms in total. The van der Waals surface area contributed by atoms with Gasteiger partial charge in [-0.2, -0.15) is 0 Å². The van der Waals surface area contributed by atoms with E-state index in [-0.39, 0.29) is 16.1 Å². The molecule has 1 aliphatic heterocycles. The third kappa shape index (κ3) is 3.13. The summed E-state index contributed by atoms with van der Waals surface area (Å²) in [5, 5.41) is 10.9. The monoisotopic (exact) mass is 328 g/mol. The molecule has 0 unspecified atom stereocenters. The molecule has 0 aromatic heterocycles. The highest BCUT2D eigenvalue weighted by molar-refractivity contribution is 9.10.